The third kappa shape index (κ3) is 4.07. The first kappa shape index (κ1) is 17.9. The Hall–Kier alpha value is -2.49. The molecule has 0 aliphatic rings. The lowest BCUT2D eigenvalue weighted by Crippen LogP contribution is -2.22. The van der Waals surface area contributed by atoms with Crippen molar-refractivity contribution < 1.29 is 19.1 Å². The highest BCUT2D eigenvalue weighted by atomic mass is 35.5. The molecule has 0 amide bonds. The second-order valence-corrected chi connectivity index (χ2v) is 4.83. The molecule has 9 nitrogen and oxygen atoms in total. The molecular weight excluding hydrogens is 340 g/mol. The van der Waals surface area contributed by atoms with Gasteiger partial charge in [-0.15, -0.1) is 0 Å². The molecule has 0 bridgehead atoms. The smallest absolute Gasteiger partial charge is 0.296 e. The quantitative estimate of drug-likeness (QED) is 0.405. The molecule has 0 radical (unpaired) electrons. The molecule has 2 rings (SSSR count). The largest absolute Gasteiger partial charge is 0.467 e. The van der Waals surface area contributed by atoms with Crippen LogP contribution in [-0.2, 0) is 9.47 Å². The van der Waals surface area contributed by atoms with Crippen LogP contribution in [0.15, 0.2) is 30.6 Å². The van der Waals surface area contributed by atoms with Crippen LogP contribution in [0, 0.1) is 10.1 Å². The molecule has 0 N–H and O–H groups in total. The summed E-state index contributed by atoms with van der Waals surface area (Å²) in [6.07, 6.45) is 2.86. The number of nitrogens with zero attached hydrogens (tertiary/aromatic N) is 4. The zero-order valence-electron chi connectivity index (χ0n) is 13.0. The molecule has 24 heavy (non-hydrogen) atoms. The van der Waals surface area contributed by atoms with Crippen molar-refractivity contribution in [2.24, 2.45) is 0 Å². The van der Waals surface area contributed by atoms with Gasteiger partial charge in [0.05, 0.1) is 11.0 Å². The minimum atomic E-state index is -0.526. The molecule has 1 heterocycles. The lowest BCUT2D eigenvalue weighted by Gasteiger charge is -2.23. The Morgan fingerprint density at radius 1 is 1.25 bits per heavy atom. The van der Waals surface area contributed by atoms with Gasteiger partial charge in [0.1, 0.15) is 18.2 Å². The van der Waals surface area contributed by atoms with Crippen molar-refractivity contribution in [2.45, 2.75) is 0 Å². The number of halogens is 1. The molecule has 0 atom stereocenters. The van der Waals surface area contributed by atoms with Crippen LogP contribution in [0.4, 0.5) is 17.2 Å². The molecule has 1 aromatic heterocycles. The number of rotatable bonds is 8. The number of hydrogen-bond donors (Lipinski definition) is 0. The summed E-state index contributed by atoms with van der Waals surface area (Å²) in [5.41, 5.74) is 0.0522. The van der Waals surface area contributed by atoms with E-state index in [-0.39, 0.29) is 35.9 Å². The fourth-order valence-corrected chi connectivity index (χ4v) is 2.17. The molecule has 0 saturated heterocycles. The van der Waals surface area contributed by atoms with Gasteiger partial charge in [-0.3, -0.25) is 15.0 Å². The summed E-state index contributed by atoms with van der Waals surface area (Å²) in [7, 11) is 2.92. The number of methoxy groups -OCH3 is 2. The number of nitro benzene ring substituents is 1. The normalized spacial score (nSPS) is 10.5. The number of ether oxygens (including phenoxy) is 3. The van der Waals surface area contributed by atoms with E-state index in [1.54, 1.807) is 6.07 Å². The minimum Gasteiger partial charge on any atom is -0.467 e. The second kappa shape index (κ2) is 8.39. The summed E-state index contributed by atoms with van der Waals surface area (Å²) in [6, 6.07) is 4.39. The van der Waals surface area contributed by atoms with Crippen LogP contribution in [0.1, 0.15) is 0 Å². The van der Waals surface area contributed by atoms with Gasteiger partial charge < -0.3 is 14.2 Å². The molecule has 10 heteroatoms. The van der Waals surface area contributed by atoms with E-state index < -0.39 is 4.92 Å². The van der Waals surface area contributed by atoms with E-state index in [9.17, 15) is 10.1 Å². The third-order valence-electron chi connectivity index (χ3n) is 2.93. The summed E-state index contributed by atoms with van der Waals surface area (Å²) < 4.78 is 15.2. The number of nitro groups is 1. The van der Waals surface area contributed by atoms with E-state index in [1.807, 2.05) is 0 Å². The Bertz CT molecular complexity index is 715. The molecule has 1 aromatic carbocycles. The van der Waals surface area contributed by atoms with Gasteiger partial charge in [0, 0.05) is 26.6 Å². The summed E-state index contributed by atoms with van der Waals surface area (Å²) in [4.78, 5) is 20.4. The second-order valence-electron chi connectivity index (χ2n) is 4.48. The number of aromatic nitrogens is 2. The minimum absolute atomic E-state index is 0.00245. The molecule has 0 spiro atoms. The van der Waals surface area contributed by atoms with Gasteiger partial charge in [0.2, 0.25) is 0 Å². The zero-order chi connectivity index (χ0) is 17.5. The molecule has 0 unspecified atom stereocenters. The molecule has 0 aliphatic carbocycles. The maximum absolute atomic E-state index is 11.5. The summed E-state index contributed by atoms with van der Waals surface area (Å²) in [5.74, 6) is 0.546. The van der Waals surface area contributed by atoms with Gasteiger partial charge >= 0.3 is 0 Å². The van der Waals surface area contributed by atoms with Crippen LogP contribution in [0.2, 0.25) is 5.15 Å². The van der Waals surface area contributed by atoms with Gasteiger partial charge in [-0.05, 0) is 12.1 Å². The van der Waals surface area contributed by atoms with Crippen LogP contribution in [0.3, 0.4) is 0 Å². The van der Waals surface area contributed by atoms with E-state index in [0.717, 1.165) is 0 Å². The lowest BCUT2D eigenvalue weighted by atomic mass is 10.2. The Kier molecular flexibility index (Phi) is 6.24. The van der Waals surface area contributed by atoms with Crippen LogP contribution >= 0.6 is 11.6 Å². The topological polar surface area (TPSA) is 99.9 Å². The summed E-state index contributed by atoms with van der Waals surface area (Å²) >= 11 is 6.05. The van der Waals surface area contributed by atoms with Crippen molar-refractivity contribution in [3.8, 4) is 5.75 Å². The maximum Gasteiger partial charge on any atom is 0.296 e. The molecular formula is C14H15ClN4O5. The number of hydrogen-bond acceptors (Lipinski definition) is 8. The molecule has 0 fully saturated rings. The van der Waals surface area contributed by atoms with Crippen molar-refractivity contribution in [3.63, 3.8) is 0 Å². The molecule has 2 aromatic rings. The predicted octanol–water partition coefficient (Wildman–Crippen LogP) is 2.76. The highest BCUT2D eigenvalue weighted by Crippen LogP contribution is 2.37. The van der Waals surface area contributed by atoms with Gasteiger partial charge in [-0.2, -0.15) is 0 Å². The van der Waals surface area contributed by atoms with Gasteiger partial charge in [-0.25, -0.2) is 9.97 Å². The van der Waals surface area contributed by atoms with E-state index in [2.05, 4.69) is 9.97 Å². The SMILES string of the molecule is COCOc1ccc(N(COC)c2nccnc2Cl)c([N+](=O)[O-])c1. The predicted molar refractivity (Wildman–Crippen MR) is 86.7 cm³/mol. The first-order valence-corrected chi connectivity index (χ1v) is 7.09. The molecule has 0 aliphatic heterocycles. The van der Waals surface area contributed by atoms with Crippen molar-refractivity contribution >= 4 is 28.8 Å². The van der Waals surface area contributed by atoms with E-state index in [0.29, 0.717) is 5.75 Å². The Balaban J connectivity index is 2.49. The first-order valence-electron chi connectivity index (χ1n) is 6.71. The number of anilines is 2. The summed E-state index contributed by atoms with van der Waals surface area (Å²) in [5, 5.41) is 11.6. The highest BCUT2D eigenvalue weighted by molar-refractivity contribution is 6.31. The van der Waals surface area contributed by atoms with E-state index >= 15 is 0 Å². The zero-order valence-corrected chi connectivity index (χ0v) is 13.8. The first-order chi connectivity index (χ1) is 11.6. The average Bonchev–Trinajstić information content (AvgIpc) is 2.58. The van der Waals surface area contributed by atoms with Crippen molar-refractivity contribution in [1.82, 2.24) is 9.97 Å². The Labute approximate surface area is 142 Å². The van der Waals surface area contributed by atoms with E-state index in [4.69, 9.17) is 25.8 Å². The van der Waals surface area contributed by atoms with Gasteiger partial charge in [-0.1, -0.05) is 11.6 Å². The third-order valence-corrected chi connectivity index (χ3v) is 3.19. The maximum atomic E-state index is 11.5. The Morgan fingerprint density at radius 3 is 2.62 bits per heavy atom. The van der Waals surface area contributed by atoms with Crippen molar-refractivity contribution in [1.29, 1.82) is 0 Å². The molecule has 0 saturated carbocycles. The lowest BCUT2D eigenvalue weighted by molar-refractivity contribution is -0.384. The van der Waals surface area contributed by atoms with Gasteiger partial charge in [0.15, 0.2) is 17.8 Å². The average molecular weight is 355 g/mol. The van der Waals surface area contributed by atoms with Crippen molar-refractivity contribution in [2.75, 3.05) is 32.6 Å². The van der Waals surface area contributed by atoms with Crippen LogP contribution < -0.4 is 9.64 Å². The van der Waals surface area contributed by atoms with Crippen molar-refractivity contribution in [3.05, 3.63) is 45.9 Å². The standard InChI is InChI=1S/C14H15ClN4O5/c1-22-8-18(14-13(15)16-5-6-17-14)11-4-3-10(24-9-23-2)7-12(11)19(20)21/h3-7H,8-9H2,1-2H3. The molecule has 128 valence electrons. The number of benzene rings is 1. The van der Waals surface area contributed by atoms with Crippen LogP contribution in [0.5, 0.6) is 5.75 Å². The highest BCUT2D eigenvalue weighted by Gasteiger charge is 2.24. The summed E-state index contributed by atoms with van der Waals surface area (Å²) in [6.45, 7) is -0.0220. The fraction of sp³-hybridized carbons (Fsp3) is 0.286. The monoisotopic (exact) mass is 354 g/mol. The van der Waals surface area contributed by atoms with Gasteiger partial charge in [0.25, 0.3) is 5.69 Å². The Morgan fingerprint density at radius 2 is 2.00 bits per heavy atom. The van der Waals surface area contributed by atoms with Crippen LogP contribution in [-0.4, -0.2) is 42.6 Å². The van der Waals surface area contributed by atoms with E-state index in [1.165, 1.54) is 43.6 Å². The fourth-order valence-electron chi connectivity index (χ4n) is 1.96. The van der Waals surface area contributed by atoms with Crippen LogP contribution in [0.25, 0.3) is 0 Å².